The number of nitrogens with one attached hydrogen (secondary N) is 1. The van der Waals surface area contributed by atoms with Crippen molar-refractivity contribution in [1.82, 2.24) is 9.62 Å². The predicted molar refractivity (Wildman–Crippen MR) is 66.9 cm³/mol. The summed E-state index contributed by atoms with van der Waals surface area (Å²) in [5.41, 5.74) is 0. The van der Waals surface area contributed by atoms with Gasteiger partial charge in [-0.1, -0.05) is 6.92 Å². The summed E-state index contributed by atoms with van der Waals surface area (Å²) < 4.78 is 24.5. The molecule has 1 rings (SSSR count). The van der Waals surface area contributed by atoms with E-state index in [1.54, 1.807) is 4.31 Å². The average Bonchev–Trinajstić information content (AvgIpc) is 2.24. The second kappa shape index (κ2) is 6.57. The van der Waals surface area contributed by atoms with Gasteiger partial charge in [-0.05, 0) is 44.7 Å². The number of piperidine rings is 1. The van der Waals surface area contributed by atoms with Crippen LogP contribution in [0.15, 0.2) is 0 Å². The van der Waals surface area contributed by atoms with Gasteiger partial charge in [-0.15, -0.1) is 0 Å². The molecular weight excluding hydrogens is 224 g/mol. The molecule has 4 nitrogen and oxygen atoms in total. The molecule has 1 saturated heterocycles. The van der Waals surface area contributed by atoms with Gasteiger partial charge in [-0.2, -0.15) is 0 Å². The number of nitrogens with zero attached hydrogens (tertiary/aromatic N) is 1. The Labute approximate surface area is 99.5 Å². The van der Waals surface area contributed by atoms with Crippen molar-refractivity contribution in [2.24, 2.45) is 5.92 Å². The first-order chi connectivity index (χ1) is 7.54. The molecule has 5 heteroatoms. The van der Waals surface area contributed by atoms with Crippen LogP contribution in [0.1, 0.15) is 32.6 Å². The van der Waals surface area contributed by atoms with Crippen molar-refractivity contribution in [2.45, 2.75) is 32.6 Å². The fourth-order valence-electron chi connectivity index (χ4n) is 2.17. The highest BCUT2D eigenvalue weighted by molar-refractivity contribution is 7.88. The van der Waals surface area contributed by atoms with Crippen molar-refractivity contribution in [3.8, 4) is 0 Å². The van der Waals surface area contributed by atoms with Crippen molar-refractivity contribution in [3.63, 3.8) is 0 Å². The van der Waals surface area contributed by atoms with Crippen LogP contribution in [0.2, 0.25) is 0 Å². The van der Waals surface area contributed by atoms with Crippen LogP contribution in [0.4, 0.5) is 0 Å². The van der Waals surface area contributed by atoms with Crippen LogP contribution < -0.4 is 5.32 Å². The Morgan fingerprint density at radius 2 is 2.12 bits per heavy atom. The smallest absolute Gasteiger partial charge is 0.211 e. The third kappa shape index (κ3) is 4.80. The summed E-state index contributed by atoms with van der Waals surface area (Å²) in [5, 5.41) is 3.37. The molecule has 0 amide bonds. The molecule has 0 aromatic carbocycles. The molecule has 1 aliphatic heterocycles. The molecule has 0 spiro atoms. The lowest BCUT2D eigenvalue weighted by atomic mass is 9.96. The number of hydrogen-bond donors (Lipinski definition) is 1. The van der Waals surface area contributed by atoms with Crippen LogP contribution in [0.5, 0.6) is 0 Å². The minimum absolute atomic E-state index is 0.535. The van der Waals surface area contributed by atoms with Gasteiger partial charge < -0.3 is 5.32 Å². The van der Waals surface area contributed by atoms with E-state index in [2.05, 4.69) is 12.2 Å². The van der Waals surface area contributed by atoms with E-state index >= 15 is 0 Å². The highest BCUT2D eigenvalue weighted by Crippen LogP contribution is 2.20. The van der Waals surface area contributed by atoms with Gasteiger partial charge in [0, 0.05) is 13.1 Å². The molecule has 1 heterocycles. The average molecular weight is 248 g/mol. The van der Waals surface area contributed by atoms with Gasteiger partial charge in [-0.25, -0.2) is 12.7 Å². The maximum Gasteiger partial charge on any atom is 0.211 e. The molecule has 1 aliphatic rings. The van der Waals surface area contributed by atoms with Crippen molar-refractivity contribution < 1.29 is 8.42 Å². The summed E-state index contributed by atoms with van der Waals surface area (Å²) >= 11 is 0. The number of hydrogen-bond acceptors (Lipinski definition) is 3. The molecule has 16 heavy (non-hydrogen) atoms. The van der Waals surface area contributed by atoms with E-state index in [-0.39, 0.29) is 0 Å². The molecule has 1 atom stereocenters. The number of sulfonamides is 1. The zero-order valence-corrected chi connectivity index (χ0v) is 11.2. The molecule has 0 saturated carbocycles. The SMILES string of the molecule is CCCNCCC1CCCN(S(C)(=O)=O)C1. The molecule has 1 unspecified atom stereocenters. The van der Waals surface area contributed by atoms with Gasteiger partial charge in [0.25, 0.3) is 0 Å². The first-order valence-electron chi connectivity index (χ1n) is 6.20. The van der Waals surface area contributed by atoms with E-state index in [0.29, 0.717) is 19.0 Å². The minimum atomic E-state index is -2.98. The Morgan fingerprint density at radius 3 is 2.75 bits per heavy atom. The zero-order chi connectivity index (χ0) is 12.0. The number of rotatable bonds is 6. The summed E-state index contributed by atoms with van der Waals surface area (Å²) in [6.07, 6.45) is 5.72. The molecule has 0 aromatic heterocycles. The van der Waals surface area contributed by atoms with Gasteiger partial charge in [0.1, 0.15) is 0 Å². The largest absolute Gasteiger partial charge is 0.317 e. The maximum atomic E-state index is 11.4. The molecule has 0 aliphatic carbocycles. The second-order valence-corrected chi connectivity index (χ2v) is 6.65. The maximum absolute atomic E-state index is 11.4. The second-order valence-electron chi connectivity index (χ2n) is 4.67. The summed E-state index contributed by atoms with van der Waals surface area (Å²) in [7, 11) is -2.98. The molecule has 96 valence electrons. The van der Waals surface area contributed by atoms with Gasteiger partial charge in [-0.3, -0.25) is 0 Å². The predicted octanol–water partition coefficient (Wildman–Crippen LogP) is 1.05. The normalized spacial score (nSPS) is 23.5. The molecule has 0 aromatic rings. The van der Waals surface area contributed by atoms with E-state index in [9.17, 15) is 8.42 Å². The summed E-state index contributed by atoms with van der Waals surface area (Å²) in [6.45, 7) is 5.64. The fourth-order valence-corrected chi connectivity index (χ4v) is 3.11. The van der Waals surface area contributed by atoms with Gasteiger partial charge >= 0.3 is 0 Å². The quantitative estimate of drug-likeness (QED) is 0.715. The van der Waals surface area contributed by atoms with Crippen molar-refractivity contribution in [1.29, 1.82) is 0 Å². The standard InChI is InChI=1S/C11H24N2O2S/c1-3-7-12-8-6-11-5-4-9-13(10-11)16(2,14)15/h11-12H,3-10H2,1-2H3. The lowest BCUT2D eigenvalue weighted by Gasteiger charge is -2.30. The van der Waals surface area contributed by atoms with Gasteiger partial charge in [0.05, 0.1) is 6.26 Å². The summed E-state index contributed by atoms with van der Waals surface area (Å²) in [6, 6.07) is 0. The minimum Gasteiger partial charge on any atom is -0.317 e. The van der Waals surface area contributed by atoms with Crippen molar-refractivity contribution in [3.05, 3.63) is 0 Å². The van der Waals surface area contributed by atoms with E-state index in [0.717, 1.165) is 32.4 Å². The molecule has 0 radical (unpaired) electrons. The monoisotopic (exact) mass is 248 g/mol. The van der Waals surface area contributed by atoms with E-state index in [1.807, 2.05) is 0 Å². The summed E-state index contributed by atoms with van der Waals surface area (Å²) in [4.78, 5) is 0. The first kappa shape index (κ1) is 13.9. The topological polar surface area (TPSA) is 49.4 Å². The Morgan fingerprint density at radius 1 is 1.38 bits per heavy atom. The first-order valence-corrected chi connectivity index (χ1v) is 8.04. The van der Waals surface area contributed by atoms with Crippen LogP contribution in [0, 0.1) is 5.92 Å². The van der Waals surface area contributed by atoms with Gasteiger partial charge in [0.15, 0.2) is 0 Å². The highest BCUT2D eigenvalue weighted by Gasteiger charge is 2.25. The van der Waals surface area contributed by atoms with Crippen LogP contribution in [0.25, 0.3) is 0 Å². The lowest BCUT2D eigenvalue weighted by Crippen LogP contribution is -2.40. The molecule has 0 bridgehead atoms. The van der Waals surface area contributed by atoms with Crippen molar-refractivity contribution in [2.75, 3.05) is 32.4 Å². The van der Waals surface area contributed by atoms with Crippen LogP contribution in [-0.4, -0.2) is 45.2 Å². The Balaban J connectivity index is 2.28. The molecular formula is C11H24N2O2S. The Bertz CT molecular complexity index is 290. The Hall–Kier alpha value is -0.130. The fraction of sp³-hybridized carbons (Fsp3) is 1.00. The zero-order valence-electron chi connectivity index (χ0n) is 10.4. The van der Waals surface area contributed by atoms with Crippen LogP contribution in [0.3, 0.4) is 0 Å². The van der Waals surface area contributed by atoms with Gasteiger partial charge in [0.2, 0.25) is 10.0 Å². The molecule has 1 N–H and O–H groups in total. The van der Waals surface area contributed by atoms with E-state index < -0.39 is 10.0 Å². The van der Waals surface area contributed by atoms with Crippen LogP contribution >= 0.6 is 0 Å². The van der Waals surface area contributed by atoms with Crippen molar-refractivity contribution >= 4 is 10.0 Å². The third-order valence-electron chi connectivity index (χ3n) is 3.11. The highest BCUT2D eigenvalue weighted by atomic mass is 32.2. The van der Waals surface area contributed by atoms with E-state index in [4.69, 9.17) is 0 Å². The Kier molecular flexibility index (Phi) is 5.72. The third-order valence-corrected chi connectivity index (χ3v) is 4.38. The van der Waals surface area contributed by atoms with E-state index in [1.165, 1.54) is 12.7 Å². The molecule has 1 fully saturated rings. The summed E-state index contributed by atoms with van der Waals surface area (Å²) in [5.74, 6) is 0.535. The lowest BCUT2D eigenvalue weighted by molar-refractivity contribution is 0.255. The van der Waals surface area contributed by atoms with Crippen LogP contribution in [-0.2, 0) is 10.0 Å².